The minimum absolute atomic E-state index is 0.257. The van der Waals surface area contributed by atoms with Crippen LogP contribution in [0, 0.1) is 23.0 Å². The summed E-state index contributed by atoms with van der Waals surface area (Å²) in [5.41, 5.74) is 3.18. The Hall–Kier alpha value is -4.55. The van der Waals surface area contributed by atoms with Gasteiger partial charge in [-0.25, -0.2) is 13.5 Å². The Bertz CT molecular complexity index is 1820. The topological polar surface area (TPSA) is 91.5 Å². The Labute approximate surface area is 242 Å². The number of anilines is 2. The molecule has 1 saturated carbocycles. The summed E-state index contributed by atoms with van der Waals surface area (Å²) in [5.74, 6) is -0.778. The summed E-state index contributed by atoms with van der Waals surface area (Å²) >= 11 is 6.73. The molecule has 7 nitrogen and oxygen atoms in total. The summed E-state index contributed by atoms with van der Waals surface area (Å²) in [6.45, 7) is 1.96. The van der Waals surface area contributed by atoms with E-state index in [-0.39, 0.29) is 23.5 Å². The van der Waals surface area contributed by atoms with Gasteiger partial charge in [-0.05, 0) is 66.8 Å². The fourth-order valence-electron chi connectivity index (χ4n) is 4.84. The maximum absolute atomic E-state index is 14.1. The molecular formula is C31H26ClF2N7. The van der Waals surface area contributed by atoms with Crippen LogP contribution in [0.2, 0.25) is 5.02 Å². The van der Waals surface area contributed by atoms with E-state index in [1.54, 1.807) is 29.1 Å². The molecule has 0 bridgehead atoms. The Kier molecular flexibility index (Phi) is 6.91. The molecule has 0 amide bonds. The third-order valence-corrected chi connectivity index (χ3v) is 7.40. The molecule has 0 aliphatic heterocycles. The Morgan fingerprint density at radius 3 is 2.61 bits per heavy atom. The summed E-state index contributed by atoms with van der Waals surface area (Å²) in [4.78, 5) is 4.43. The number of aromatic nitrogens is 4. The smallest absolute Gasteiger partial charge is 0.123 e. The van der Waals surface area contributed by atoms with Crippen LogP contribution in [0.25, 0.3) is 10.9 Å². The van der Waals surface area contributed by atoms with Crippen molar-refractivity contribution in [3.63, 3.8) is 0 Å². The molecule has 6 rings (SSSR count). The van der Waals surface area contributed by atoms with Gasteiger partial charge >= 0.3 is 0 Å². The van der Waals surface area contributed by atoms with E-state index in [0.717, 1.165) is 18.4 Å². The molecule has 1 fully saturated rings. The van der Waals surface area contributed by atoms with Gasteiger partial charge in [-0.3, -0.25) is 4.98 Å². The van der Waals surface area contributed by atoms with Crippen molar-refractivity contribution in [1.82, 2.24) is 20.0 Å². The Morgan fingerprint density at radius 2 is 1.90 bits per heavy atom. The van der Waals surface area contributed by atoms with Gasteiger partial charge in [0.05, 0.1) is 47.5 Å². The van der Waals surface area contributed by atoms with E-state index in [0.29, 0.717) is 45.0 Å². The maximum Gasteiger partial charge on any atom is 0.123 e. The first-order valence-corrected chi connectivity index (χ1v) is 13.7. The number of fused-ring (bicyclic) bond motifs is 1. The van der Waals surface area contributed by atoms with Gasteiger partial charge in [-0.2, -0.15) is 5.26 Å². The first-order valence-electron chi connectivity index (χ1n) is 13.8. The average Bonchev–Trinajstić information content (AvgIpc) is 3.71. The van der Waals surface area contributed by atoms with Crippen molar-refractivity contribution in [2.45, 2.75) is 44.3 Å². The zero-order chi connectivity index (χ0) is 29.4. The van der Waals surface area contributed by atoms with E-state index in [2.05, 4.69) is 32.0 Å². The molecule has 0 saturated heterocycles. The summed E-state index contributed by atoms with van der Waals surface area (Å²) < 4.78 is 39.2. The van der Waals surface area contributed by atoms with Gasteiger partial charge in [0.2, 0.25) is 0 Å². The zero-order valence-corrected chi connectivity index (χ0v) is 22.8. The number of nitrogens with zero attached hydrogens (tertiary/aromatic N) is 5. The number of benzene rings is 3. The lowest BCUT2D eigenvalue weighted by Crippen LogP contribution is -2.14. The third kappa shape index (κ3) is 5.56. The van der Waals surface area contributed by atoms with Crippen molar-refractivity contribution in [3.05, 3.63) is 112 Å². The Balaban J connectivity index is 1.46. The lowest BCUT2D eigenvalue weighted by atomic mass is 10.0. The van der Waals surface area contributed by atoms with Gasteiger partial charge in [0.1, 0.15) is 23.4 Å². The van der Waals surface area contributed by atoms with E-state index in [4.69, 9.17) is 11.6 Å². The average molecular weight is 571 g/mol. The van der Waals surface area contributed by atoms with Crippen molar-refractivity contribution in [2.75, 3.05) is 10.6 Å². The molecular weight excluding hydrogens is 544 g/mol. The number of hydrogen-bond acceptors (Lipinski definition) is 6. The van der Waals surface area contributed by atoms with Crippen molar-refractivity contribution >= 4 is 33.9 Å². The number of rotatable bonds is 9. The van der Waals surface area contributed by atoms with Crippen molar-refractivity contribution < 1.29 is 10.2 Å². The molecule has 206 valence electrons. The molecule has 2 aromatic heterocycles. The molecule has 41 heavy (non-hydrogen) atoms. The van der Waals surface area contributed by atoms with Crippen LogP contribution in [0.4, 0.5) is 20.2 Å². The standard InChI is InChI=1S/C31H26ClF2N7/c1-2-27(19-4-3-5-22(34)12-19)38-29-20(15-35)16-36-31-25(29)13-23(14-26(31)32)37-30(18-6-8-21(33)9-7-18)28-17-41(40-39-28)24-10-11-24/h3-9,12-14,16-17,24,27,30,37H,2,10-11H2,1H3,(H,36,38)/i30D. The molecule has 2 heterocycles. The van der Waals surface area contributed by atoms with Gasteiger partial charge < -0.3 is 10.6 Å². The van der Waals surface area contributed by atoms with Crippen LogP contribution in [0.1, 0.15) is 68.0 Å². The molecule has 2 atom stereocenters. The summed E-state index contributed by atoms with van der Waals surface area (Å²) in [5, 5.41) is 26.0. The second kappa shape index (κ2) is 11.1. The van der Waals surface area contributed by atoms with Gasteiger partial charge in [-0.1, -0.05) is 48.0 Å². The summed E-state index contributed by atoms with van der Waals surface area (Å²) in [7, 11) is 0. The van der Waals surface area contributed by atoms with Crippen LogP contribution in [0.5, 0.6) is 0 Å². The molecule has 5 aromatic rings. The zero-order valence-electron chi connectivity index (χ0n) is 23.1. The molecule has 0 radical (unpaired) electrons. The van der Waals surface area contributed by atoms with Crippen molar-refractivity contribution in [3.8, 4) is 6.07 Å². The van der Waals surface area contributed by atoms with Gasteiger partial charge in [0.25, 0.3) is 0 Å². The van der Waals surface area contributed by atoms with Crippen molar-refractivity contribution in [2.24, 2.45) is 0 Å². The van der Waals surface area contributed by atoms with E-state index < -0.39 is 11.8 Å². The van der Waals surface area contributed by atoms with E-state index >= 15 is 0 Å². The van der Waals surface area contributed by atoms with Crippen LogP contribution >= 0.6 is 11.6 Å². The predicted molar refractivity (Wildman–Crippen MR) is 155 cm³/mol. The van der Waals surface area contributed by atoms with Crippen LogP contribution in [0.3, 0.4) is 0 Å². The van der Waals surface area contributed by atoms with Crippen LogP contribution < -0.4 is 10.6 Å². The lowest BCUT2D eigenvalue weighted by Gasteiger charge is -2.22. The van der Waals surface area contributed by atoms with Crippen LogP contribution in [-0.2, 0) is 0 Å². The molecule has 3 aromatic carbocycles. The molecule has 2 N–H and O–H groups in total. The quantitative estimate of drug-likeness (QED) is 0.188. The van der Waals surface area contributed by atoms with E-state index in [9.17, 15) is 15.4 Å². The number of hydrogen-bond donors (Lipinski definition) is 2. The van der Waals surface area contributed by atoms with E-state index in [1.807, 2.05) is 13.0 Å². The van der Waals surface area contributed by atoms with Gasteiger partial charge in [-0.15, -0.1) is 5.10 Å². The highest BCUT2D eigenvalue weighted by Gasteiger charge is 2.27. The number of nitriles is 1. The molecule has 0 spiro atoms. The summed E-state index contributed by atoms with van der Waals surface area (Å²) in [6, 6.07) is 15.8. The molecule has 10 heteroatoms. The first-order chi connectivity index (χ1) is 20.3. The fourth-order valence-corrected chi connectivity index (χ4v) is 5.11. The summed E-state index contributed by atoms with van der Waals surface area (Å²) in [6.07, 6.45) is 5.79. The highest BCUT2D eigenvalue weighted by atomic mass is 35.5. The molecule has 2 unspecified atom stereocenters. The third-order valence-electron chi connectivity index (χ3n) is 7.11. The highest BCUT2D eigenvalue weighted by molar-refractivity contribution is 6.35. The number of pyridine rings is 1. The fraction of sp³-hybridized carbons (Fsp3) is 0.226. The number of nitrogens with one attached hydrogen (secondary N) is 2. The SMILES string of the molecule is [2H]C(Nc1cc(Cl)c2ncc(C#N)c(NC(CC)c3cccc(F)c3)c2c1)(c1ccc(F)cc1)c1cn(C2CC2)nn1. The second-order valence-corrected chi connectivity index (χ2v) is 10.4. The minimum atomic E-state index is -1.65. The van der Waals surface area contributed by atoms with Crippen LogP contribution in [0.15, 0.2) is 73.1 Å². The highest BCUT2D eigenvalue weighted by Crippen LogP contribution is 2.38. The van der Waals surface area contributed by atoms with Gasteiger partial charge in [0, 0.05) is 17.3 Å². The van der Waals surface area contributed by atoms with Gasteiger partial charge in [0.15, 0.2) is 0 Å². The minimum Gasteiger partial charge on any atom is -0.377 e. The second-order valence-electron chi connectivity index (χ2n) is 9.99. The Morgan fingerprint density at radius 1 is 1.10 bits per heavy atom. The lowest BCUT2D eigenvalue weighted by molar-refractivity contribution is 0.610. The largest absolute Gasteiger partial charge is 0.377 e. The predicted octanol–water partition coefficient (Wildman–Crippen LogP) is 7.73. The monoisotopic (exact) mass is 570 g/mol. The van der Waals surface area contributed by atoms with E-state index in [1.165, 1.54) is 42.6 Å². The molecule has 1 aliphatic rings. The maximum atomic E-state index is 14.1. The first kappa shape index (κ1) is 25.4. The molecule has 1 aliphatic carbocycles. The van der Waals surface area contributed by atoms with Crippen molar-refractivity contribution in [1.29, 1.82) is 5.26 Å². The van der Waals surface area contributed by atoms with Crippen LogP contribution in [-0.4, -0.2) is 20.0 Å². The normalized spacial score (nSPS) is 15.5. The number of halogens is 3.